The average Bonchev–Trinajstić information content (AvgIpc) is 2.64. The molecular formula is C19H20N2O5. The first-order valence-electron chi connectivity index (χ1n) is 8.22. The molecule has 2 aromatic rings. The Hall–Kier alpha value is -3.22. The SMILES string of the molecule is Nc1cc(OCCCC(=O)CCc2ccc([N+](=O)[O-])cc2)ccc1C=O. The van der Waals surface area contributed by atoms with Crippen LogP contribution in [-0.2, 0) is 11.2 Å². The van der Waals surface area contributed by atoms with E-state index in [1.807, 2.05) is 0 Å². The highest BCUT2D eigenvalue weighted by Gasteiger charge is 2.07. The standard InChI is InChI=1S/C19H20N2O5/c20-19-12-18(10-6-15(19)13-22)26-11-1-2-17(23)9-5-14-3-7-16(8-4-14)21(24)25/h3-4,6-8,10,12-13H,1-2,5,9,11,20H2. The molecule has 2 N–H and O–H groups in total. The molecule has 0 heterocycles. The van der Waals surface area contributed by atoms with Gasteiger partial charge in [0.15, 0.2) is 6.29 Å². The van der Waals surface area contributed by atoms with Crippen LogP contribution in [0.1, 0.15) is 35.2 Å². The normalized spacial score (nSPS) is 10.3. The van der Waals surface area contributed by atoms with Gasteiger partial charge in [0, 0.05) is 42.3 Å². The van der Waals surface area contributed by atoms with E-state index >= 15 is 0 Å². The number of nitrogens with zero attached hydrogens (tertiary/aromatic N) is 1. The van der Waals surface area contributed by atoms with Gasteiger partial charge in [-0.1, -0.05) is 12.1 Å². The number of ketones is 1. The number of rotatable bonds is 10. The molecule has 0 amide bonds. The van der Waals surface area contributed by atoms with E-state index in [0.29, 0.717) is 55.6 Å². The number of anilines is 1. The molecule has 0 aliphatic carbocycles. The summed E-state index contributed by atoms with van der Waals surface area (Å²) < 4.78 is 5.52. The molecule has 7 heteroatoms. The number of nitrogens with two attached hydrogens (primary N) is 1. The van der Waals surface area contributed by atoms with E-state index in [1.165, 1.54) is 12.1 Å². The second kappa shape index (κ2) is 9.31. The van der Waals surface area contributed by atoms with Gasteiger partial charge >= 0.3 is 0 Å². The fraction of sp³-hybridized carbons (Fsp3) is 0.263. The van der Waals surface area contributed by atoms with Crippen molar-refractivity contribution in [3.05, 3.63) is 63.7 Å². The number of hydrogen-bond acceptors (Lipinski definition) is 6. The summed E-state index contributed by atoms with van der Waals surface area (Å²) in [5.41, 5.74) is 7.41. The first-order valence-corrected chi connectivity index (χ1v) is 8.22. The zero-order chi connectivity index (χ0) is 18.9. The Morgan fingerprint density at radius 2 is 1.88 bits per heavy atom. The third kappa shape index (κ3) is 5.70. The van der Waals surface area contributed by atoms with Crippen LogP contribution in [0.4, 0.5) is 11.4 Å². The van der Waals surface area contributed by atoms with Crippen molar-refractivity contribution in [2.45, 2.75) is 25.7 Å². The highest BCUT2D eigenvalue weighted by molar-refractivity contribution is 5.83. The van der Waals surface area contributed by atoms with Gasteiger partial charge in [-0.25, -0.2) is 0 Å². The fourth-order valence-electron chi connectivity index (χ4n) is 2.40. The number of ether oxygens (including phenoxy) is 1. The second-order valence-electron chi connectivity index (χ2n) is 5.82. The Morgan fingerprint density at radius 3 is 2.50 bits per heavy atom. The quantitative estimate of drug-likeness (QED) is 0.230. The van der Waals surface area contributed by atoms with Crippen LogP contribution in [0.3, 0.4) is 0 Å². The van der Waals surface area contributed by atoms with Gasteiger partial charge in [0.2, 0.25) is 0 Å². The van der Waals surface area contributed by atoms with E-state index in [1.54, 1.807) is 30.3 Å². The Kier molecular flexibility index (Phi) is 6.84. The smallest absolute Gasteiger partial charge is 0.269 e. The van der Waals surface area contributed by atoms with Crippen LogP contribution in [0.5, 0.6) is 5.75 Å². The number of nitro benzene ring substituents is 1. The van der Waals surface area contributed by atoms with Crippen LogP contribution >= 0.6 is 0 Å². The van der Waals surface area contributed by atoms with Crippen LogP contribution in [0, 0.1) is 10.1 Å². The minimum Gasteiger partial charge on any atom is -0.494 e. The molecule has 0 saturated carbocycles. The van der Waals surface area contributed by atoms with Crippen molar-refractivity contribution in [3.8, 4) is 5.75 Å². The zero-order valence-electron chi connectivity index (χ0n) is 14.2. The molecule has 7 nitrogen and oxygen atoms in total. The summed E-state index contributed by atoms with van der Waals surface area (Å²) in [4.78, 5) is 32.8. The lowest BCUT2D eigenvalue weighted by Gasteiger charge is -2.07. The summed E-state index contributed by atoms with van der Waals surface area (Å²) in [6.07, 6.45) is 2.60. The first kappa shape index (κ1) is 19.1. The van der Waals surface area contributed by atoms with Crippen LogP contribution in [0.25, 0.3) is 0 Å². The molecule has 0 spiro atoms. The Balaban J connectivity index is 1.68. The third-order valence-corrected chi connectivity index (χ3v) is 3.89. The number of benzene rings is 2. The number of aryl methyl sites for hydroxylation is 1. The maximum Gasteiger partial charge on any atom is 0.269 e. The summed E-state index contributed by atoms with van der Waals surface area (Å²) in [6, 6.07) is 11.1. The highest BCUT2D eigenvalue weighted by Crippen LogP contribution is 2.19. The van der Waals surface area contributed by atoms with E-state index in [0.717, 1.165) is 5.56 Å². The number of aldehydes is 1. The molecule has 2 aromatic carbocycles. The van der Waals surface area contributed by atoms with Gasteiger partial charge in [0.05, 0.1) is 11.5 Å². The van der Waals surface area contributed by atoms with Crippen molar-refractivity contribution >= 4 is 23.4 Å². The van der Waals surface area contributed by atoms with Crippen molar-refractivity contribution < 1.29 is 19.2 Å². The van der Waals surface area contributed by atoms with Crippen LogP contribution < -0.4 is 10.5 Å². The van der Waals surface area contributed by atoms with Gasteiger partial charge in [-0.3, -0.25) is 19.7 Å². The first-order chi connectivity index (χ1) is 12.5. The fourth-order valence-corrected chi connectivity index (χ4v) is 2.40. The molecular weight excluding hydrogens is 336 g/mol. The number of carbonyl (C=O) groups excluding carboxylic acids is 2. The number of nitro groups is 1. The Bertz CT molecular complexity index is 787. The summed E-state index contributed by atoms with van der Waals surface area (Å²) in [6.45, 7) is 0.378. The molecule has 0 aromatic heterocycles. The molecule has 2 rings (SSSR count). The van der Waals surface area contributed by atoms with E-state index in [4.69, 9.17) is 10.5 Å². The molecule has 26 heavy (non-hydrogen) atoms. The molecule has 0 atom stereocenters. The van der Waals surface area contributed by atoms with Gasteiger partial charge in [0.25, 0.3) is 5.69 Å². The van der Waals surface area contributed by atoms with Crippen LogP contribution in [0.15, 0.2) is 42.5 Å². The van der Waals surface area contributed by atoms with E-state index < -0.39 is 4.92 Å². The van der Waals surface area contributed by atoms with Crippen molar-refractivity contribution in [2.24, 2.45) is 0 Å². The topological polar surface area (TPSA) is 113 Å². The maximum absolute atomic E-state index is 11.9. The van der Waals surface area contributed by atoms with Gasteiger partial charge in [-0.05, 0) is 30.5 Å². The Morgan fingerprint density at radius 1 is 1.15 bits per heavy atom. The molecule has 0 radical (unpaired) electrons. The number of hydrogen-bond donors (Lipinski definition) is 1. The van der Waals surface area contributed by atoms with Crippen LogP contribution in [-0.4, -0.2) is 23.6 Å². The zero-order valence-corrected chi connectivity index (χ0v) is 14.2. The number of Topliss-reactive ketones (excluding diaryl/α,β-unsaturated/α-hetero) is 1. The predicted molar refractivity (Wildman–Crippen MR) is 97.4 cm³/mol. The number of non-ortho nitro benzene ring substituents is 1. The number of carbonyl (C=O) groups is 2. The van der Waals surface area contributed by atoms with Gasteiger partial charge < -0.3 is 10.5 Å². The predicted octanol–water partition coefficient (Wildman–Crippen LogP) is 3.35. The summed E-state index contributed by atoms with van der Waals surface area (Å²) in [7, 11) is 0. The second-order valence-corrected chi connectivity index (χ2v) is 5.82. The minimum absolute atomic E-state index is 0.0408. The maximum atomic E-state index is 11.9. The summed E-state index contributed by atoms with van der Waals surface area (Å²) >= 11 is 0. The van der Waals surface area contributed by atoms with Crippen molar-refractivity contribution in [2.75, 3.05) is 12.3 Å². The monoisotopic (exact) mass is 356 g/mol. The third-order valence-electron chi connectivity index (χ3n) is 3.89. The summed E-state index contributed by atoms with van der Waals surface area (Å²) in [5.74, 6) is 0.675. The van der Waals surface area contributed by atoms with E-state index in [2.05, 4.69) is 0 Å². The van der Waals surface area contributed by atoms with Crippen molar-refractivity contribution in [1.82, 2.24) is 0 Å². The van der Waals surface area contributed by atoms with Crippen LogP contribution in [0.2, 0.25) is 0 Å². The largest absolute Gasteiger partial charge is 0.494 e. The van der Waals surface area contributed by atoms with Gasteiger partial charge in [-0.2, -0.15) is 0 Å². The van der Waals surface area contributed by atoms with Gasteiger partial charge in [0.1, 0.15) is 11.5 Å². The molecule has 0 unspecified atom stereocenters. The molecule has 0 bridgehead atoms. The Labute approximate surface area is 150 Å². The van der Waals surface area contributed by atoms with Crippen molar-refractivity contribution in [1.29, 1.82) is 0 Å². The lowest BCUT2D eigenvalue weighted by Crippen LogP contribution is -2.05. The molecule has 0 saturated heterocycles. The molecule has 0 aliphatic rings. The van der Waals surface area contributed by atoms with E-state index in [9.17, 15) is 19.7 Å². The minimum atomic E-state index is -0.449. The molecule has 0 fully saturated rings. The molecule has 136 valence electrons. The van der Waals surface area contributed by atoms with Crippen molar-refractivity contribution in [3.63, 3.8) is 0 Å². The van der Waals surface area contributed by atoms with Gasteiger partial charge in [-0.15, -0.1) is 0 Å². The number of nitrogen functional groups attached to an aromatic ring is 1. The average molecular weight is 356 g/mol. The van der Waals surface area contributed by atoms with E-state index in [-0.39, 0.29) is 11.5 Å². The lowest BCUT2D eigenvalue weighted by molar-refractivity contribution is -0.384. The highest BCUT2D eigenvalue weighted by atomic mass is 16.6. The summed E-state index contributed by atoms with van der Waals surface area (Å²) in [5, 5.41) is 10.6. The lowest BCUT2D eigenvalue weighted by atomic mass is 10.0. The molecule has 0 aliphatic heterocycles.